The molecule has 1 aliphatic rings. The number of nitrogens with zero attached hydrogens (tertiary/aromatic N) is 3. The monoisotopic (exact) mass is 291 g/mol. The highest BCUT2D eigenvalue weighted by Crippen LogP contribution is 2.25. The highest BCUT2D eigenvalue weighted by molar-refractivity contribution is 7.09. The Morgan fingerprint density at radius 3 is 3.06 bits per heavy atom. The summed E-state index contributed by atoms with van der Waals surface area (Å²) in [4.78, 5) is 6.70. The summed E-state index contributed by atoms with van der Waals surface area (Å²) in [6.07, 6.45) is 0.148. The number of anilines is 1. The molecule has 18 heavy (non-hydrogen) atoms. The predicted molar refractivity (Wildman–Crippen MR) is 72.6 cm³/mol. The second kappa shape index (κ2) is 6.14. The Morgan fingerprint density at radius 2 is 2.39 bits per heavy atom. The van der Waals surface area contributed by atoms with Crippen molar-refractivity contribution >= 4 is 28.3 Å². The highest BCUT2D eigenvalue weighted by Gasteiger charge is 2.27. The van der Waals surface area contributed by atoms with Gasteiger partial charge in [-0.25, -0.2) is 4.98 Å². The summed E-state index contributed by atoms with van der Waals surface area (Å²) in [7, 11) is 1.66. The molecule has 1 aromatic rings. The van der Waals surface area contributed by atoms with Crippen LogP contribution in [-0.2, 0) is 9.47 Å². The molecule has 1 saturated heterocycles. The smallest absolute Gasteiger partial charge is 0.205 e. The van der Waals surface area contributed by atoms with Gasteiger partial charge in [-0.1, -0.05) is 0 Å². The number of hydrogen-bond donors (Lipinski definition) is 0. The first-order chi connectivity index (χ1) is 8.63. The Bertz CT molecular complexity index is 390. The van der Waals surface area contributed by atoms with Crippen molar-refractivity contribution in [3.63, 3.8) is 0 Å². The van der Waals surface area contributed by atoms with Crippen molar-refractivity contribution in [2.75, 3.05) is 31.0 Å². The lowest BCUT2D eigenvalue weighted by atomic mass is 10.2. The average molecular weight is 292 g/mol. The molecule has 5 nitrogen and oxygen atoms in total. The van der Waals surface area contributed by atoms with E-state index in [9.17, 15) is 0 Å². The first-order valence-corrected chi connectivity index (χ1v) is 7.27. The SMILES string of the molecule is COC(C)c1nsc(N2CC(C)OC(CCl)C2)n1. The van der Waals surface area contributed by atoms with Crippen molar-refractivity contribution in [2.24, 2.45) is 0 Å². The lowest BCUT2D eigenvalue weighted by Gasteiger charge is -2.35. The van der Waals surface area contributed by atoms with Gasteiger partial charge >= 0.3 is 0 Å². The van der Waals surface area contributed by atoms with E-state index in [-0.39, 0.29) is 18.3 Å². The summed E-state index contributed by atoms with van der Waals surface area (Å²) in [6, 6.07) is 0. The van der Waals surface area contributed by atoms with Gasteiger partial charge in [0, 0.05) is 31.7 Å². The molecule has 1 fully saturated rings. The molecule has 0 amide bonds. The van der Waals surface area contributed by atoms with E-state index in [0.717, 1.165) is 24.0 Å². The Labute approximate surface area is 116 Å². The van der Waals surface area contributed by atoms with Crippen LogP contribution in [0.1, 0.15) is 25.8 Å². The third-order valence-corrected chi connectivity index (χ3v) is 4.05. The summed E-state index contributed by atoms with van der Waals surface area (Å²) in [5.74, 6) is 1.24. The van der Waals surface area contributed by atoms with Gasteiger partial charge in [0.15, 0.2) is 5.82 Å². The number of halogens is 1. The average Bonchev–Trinajstić information content (AvgIpc) is 2.86. The van der Waals surface area contributed by atoms with Gasteiger partial charge in [-0.2, -0.15) is 4.37 Å². The molecule has 2 rings (SSSR count). The van der Waals surface area contributed by atoms with Crippen LogP contribution >= 0.6 is 23.1 Å². The minimum absolute atomic E-state index is 0.0580. The maximum atomic E-state index is 5.87. The van der Waals surface area contributed by atoms with Crippen molar-refractivity contribution in [3.8, 4) is 0 Å². The van der Waals surface area contributed by atoms with Crippen molar-refractivity contribution < 1.29 is 9.47 Å². The van der Waals surface area contributed by atoms with E-state index >= 15 is 0 Å². The van der Waals surface area contributed by atoms with Gasteiger partial charge in [0.25, 0.3) is 0 Å². The van der Waals surface area contributed by atoms with Crippen LogP contribution in [0.5, 0.6) is 0 Å². The van der Waals surface area contributed by atoms with Crippen molar-refractivity contribution in [2.45, 2.75) is 32.2 Å². The molecule has 7 heteroatoms. The van der Waals surface area contributed by atoms with Crippen LogP contribution in [0.4, 0.5) is 5.13 Å². The topological polar surface area (TPSA) is 47.5 Å². The van der Waals surface area contributed by atoms with E-state index < -0.39 is 0 Å². The minimum atomic E-state index is -0.0720. The molecule has 0 saturated carbocycles. The predicted octanol–water partition coefficient (Wildman–Crippen LogP) is 2.08. The van der Waals surface area contributed by atoms with E-state index in [4.69, 9.17) is 21.1 Å². The molecule has 0 aliphatic carbocycles. The lowest BCUT2D eigenvalue weighted by molar-refractivity contribution is -0.00336. The fourth-order valence-electron chi connectivity index (χ4n) is 1.91. The molecule has 0 N–H and O–H groups in total. The summed E-state index contributed by atoms with van der Waals surface area (Å²) in [5, 5.41) is 0.916. The lowest BCUT2D eigenvalue weighted by Crippen LogP contribution is -2.47. The third kappa shape index (κ3) is 3.12. The van der Waals surface area contributed by atoms with Crippen LogP contribution in [0.3, 0.4) is 0 Å². The molecule has 3 atom stereocenters. The first-order valence-electron chi connectivity index (χ1n) is 5.96. The highest BCUT2D eigenvalue weighted by atomic mass is 35.5. The van der Waals surface area contributed by atoms with Crippen LogP contribution in [0.25, 0.3) is 0 Å². The van der Waals surface area contributed by atoms with E-state index in [1.165, 1.54) is 11.5 Å². The third-order valence-electron chi connectivity index (χ3n) is 2.92. The van der Waals surface area contributed by atoms with Gasteiger partial charge in [-0.15, -0.1) is 11.6 Å². The molecule has 2 heterocycles. The van der Waals surface area contributed by atoms with Crippen LogP contribution in [0.2, 0.25) is 0 Å². The largest absolute Gasteiger partial charge is 0.374 e. The maximum Gasteiger partial charge on any atom is 0.205 e. The molecular formula is C11H18ClN3O2S. The molecule has 1 aliphatic heterocycles. The van der Waals surface area contributed by atoms with E-state index in [0.29, 0.717) is 5.88 Å². The number of rotatable bonds is 4. The first kappa shape index (κ1) is 14.0. The number of hydrogen-bond acceptors (Lipinski definition) is 6. The van der Waals surface area contributed by atoms with Gasteiger partial charge in [-0.05, 0) is 13.8 Å². The summed E-state index contributed by atoms with van der Waals surface area (Å²) in [5.41, 5.74) is 0. The fraction of sp³-hybridized carbons (Fsp3) is 0.818. The normalized spacial score (nSPS) is 26.3. The summed E-state index contributed by atoms with van der Waals surface area (Å²) >= 11 is 7.27. The molecule has 0 spiro atoms. The standard InChI is InChI=1S/C11H18ClN3O2S/c1-7-5-15(6-9(4-12)17-7)11-13-10(14-18-11)8(2)16-3/h7-9H,4-6H2,1-3H3. The van der Waals surface area contributed by atoms with Crippen LogP contribution < -0.4 is 4.90 Å². The molecule has 0 radical (unpaired) electrons. The van der Waals surface area contributed by atoms with Gasteiger partial charge < -0.3 is 14.4 Å². The van der Waals surface area contributed by atoms with E-state index in [2.05, 4.69) is 14.3 Å². The van der Waals surface area contributed by atoms with Crippen LogP contribution in [0, 0.1) is 0 Å². The Morgan fingerprint density at radius 1 is 1.61 bits per heavy atom. The minimum Gasteiger partial charge on any atom is -0.374 e. The van der Waals surface area contributed by atoms with Crippen molar-refractivity contribution in [1.82, 2.24) is 9.36 Å². The number of aromatic nitrogens is 2. The van der Waals surface area contributed by atoms with E-state index in [1.54, 1.807) is 7.11 Å². The van der Waals surface area contributed by atoms with E-state index in [1.807, 2.05) is 13.8 Å². The van der Waals surface area contributed by atoms with Gasteiger partial charge in [0.1, 0.15) is 6.10 Å². The number of alkyl halides is 1. The molecule has 0 bridgehead atoms. The molecule has 102 valence electrons. The number of ether oxygens (including phenoxy) is 2. The Balaban J connectivity index is 2.08. The summed E-state index contributed by atoms with van der Waals surface area (Å²) < 4.78 is 15.3. The molecule has 0 aromatic carbocycles. The summed E-state index contributed by atoms with van der Waals surface area (Å²) in [6.45, 7) is 5.58. The zero-order valence-electron chi connectivity index (χ0n) is 10.8. The maximum absolute atomic E-state index is 5.87. The Kier molecular flexibility index (Phi) is 4.77. The zero-order chi connectivity index (χ0) is 13.1. The van der Waals surface area contributed by atoms with Crippen LogP contribution in [-0.4, -0.2) is 47.6 Å². The Hall–Kier alpha value is -0.430. The molecule has 3 unspecified atom stereocenters. The second-order valence-corrected chi connectivity index (χ2v) is 5.48. The van der Waals surface area contributed by atoms with Crippen molar-refractivity contribution in [3.05, 3.63) is 5.82 Å². The van der Waals surface area contributed by atoms with Gasteiger partial charge in [0.05, 0.1) is 18.1 Å². The number of methoxy groups -OCH3 is 1. The quantitative estimate of drug-likeness (QED) is 0.795. The fourth-order valence-corrected chi connectivity index (χ4v) is 2.85. The van der Waals surface area contributed by atoms with Crippen molar-refractivity contribution in [1.29, 1.82) is 0 Å². The van der Waals surface area contributed by atoms with Gasteiger partial charge in [0.2, 0.25) is 5.13 Å². The zero-order valence-corrected chi connectivity index (χ0v) is 12.4. The molecular weight excluding hydrogens is 274 g/mol. The molecule has 1 aromatic heterocycles. The van der Waals surface area contributed by atoms with Crippen LogP contribution in [0.15, 0.2) is 0 Å². The number of morpholine rings is 1. The van der Waals surface area contributed by atoms with Gasteiger partial charge in [-0.3, -0.25) is 0 Å². The second-order valence-electron chi connectivity index (χ2n) is 4.44.